The fourth-order valence-electron chi connectivity index (χ4n) is 10.8. The second-order valence-electron chi connectivity index (χ2n) is 14.6. The van der Waals surface area contributed by atoms with E-state index >= 15 is 0 Å². The summed E-state index contributed by atoms with van der Waals surface area (Å²) in [4.78, 5) is 50.8. The Hall–Kier alpha value is -2.14. The lowest BCUT2D eigenvalue weighted by atomic mass is 9.34. The minimum absolute atomic E-state index is 0.190. The summed E-state index contributed by atoms with van der Waals surface area (Å²) in [5, 5.41) is 24.4. The minimum Gasteiger partial charge on any atom is -0.469 e. The van der Waals surface area contributed by atoms with E-state index in [1.807, 2.05) is 6.08 Å². The van der Waals surface area contributed by atoms with Crippen molar-refractivity contribution in [3.8, 4) is 0 Å². The fraction of sp³-hybridized carbons (Fsp3) is 0.818. The van der Waals surface area contributed by atoms with Crippen LogP contribution in [0.25, 0.3) is 0 Å². The number of ether oxygens (including phenoxy) is 4. The molecule has 8 rings (SSSR count). The van der Waals surface area contributed by atoms with Crippen LogP contribution in [-0.4, -0.2) is 71.7 Å². The number of aliphatic hydroxyl groups is 2. The number of rotatable bonds is 11. The first-order valence-corrected chi connectivity index (χ1v) is 16.1. The highest BCUT2D eigenvalue weighted by atomic mass is 16.8. The smallest absolute Gasteiger partial charge is 0.305 e. The van der Waals surface area contributed by atoms with Gasteiger partial charge in [0.05, 0.1) is 13.2 Å². The molecule has 0 aromatic carbocycles. The molecule has 0 radical (unpaired) electrons. The molecule has 238 valence electrons. The zero-order valence-electron chi connectivity index (χ0n) is 25.7. The number of esters is 2. The lowest BCUT2D eigenvalue weighted by Crippen LogP contribution is -2.91. The molecule has 4 heterocycles. The second-order valence-corrected chi connectivity index (χ2v) is 14.6. The van der Waals surface area contributed by atoms with Gasteiger partial charge >= 0.3 is 11.9 Å². The number of carbonyl (C=O) groups is 4. The maximum atomic E-state index is 14.8. The summed E-state index contributed by atoms with van der Waals surface area (Å²) in [6.45, 7) is 5.53. The quantitative estimate of drug-likeness (QED) is 0.156. The average Bonchev–Trinajstić information content (AvgIpc) is 3.10. The number of carbonyl (C=O) groups excluding carboxylic acids is 4. The normalized spacial score (nSPS) is 45.1. The van der Waals surface area contributed by atoms with Crippen LogP contribution in [0.5, 0.6) is 0 Å². The zero-order valence-corrected chi connectivity index (χ0v) is 25.7. The number of hydrogen-bond acceptors (Lipinski definition) is 10. The molecule has 4 aliphatic heterocycles. The fourth-order valence-corrected chi connectivity index (χ4v) is 10.8. The highest BCUT2D eigenvalue weighted by Gasteiger charge is 2.93. The largest absolute Gasteiger partial charge is 0.469 e. The van der Waals surface area contributed by atoms with Crippen LogP contribution in [0.4, 0.5) is 0 Å². The number of ketones is 1. The Labute approximate surface area is 252 Å². The zero-order chi connectivity index (χ0) is 30.9. The van der Waals surface area contributed by atoms with Crippen LogP contribution < -0.4 is 0 Å². The Bertz CT molecular complexity index is 1210. The van der Waals surface area contributed by atoms with Gasteiger partial charge in [-0.25, -0.2) is 0 Å². The third kappa shape index (κ3) is 4.11. The molecule has 1 unspecified atom stereocenters. The van der Waals surface area contributed by atoms with Crippen molar-refractivity contribution < 1.29 is 48.3 Å². The van der Waals surface area contributed by atoms with Crippen molar-refractivity contribution >= 4 is 24.0 Å². The number of Topliss-reactive ketones (excluding diaryl/α,β-unsaturated/α-hetero) is 1. The van der Waals surface area contributed by atoms with Gasteiger partial charge in [0.2, 0.25) is 5.79 Å². The molecular formula is C33H46O10. The molecule has 0 aromatic rings. The van der Waals surface area contributed by atoms with Crippen LogP contribution in [0.3, 0.4) is 0 Å². The first kappa shape index (κ1) is 30.9. The predicted octanol–water partition coefficient (Wildman–Crippen LogP) is 3.40. The maximum absolute atomic E-state index is 14.8. The number of unbranched alkanes of at least 4 members (excludes halogenated alkanes) is 4. The van der Waals surface area contributed by atoms with Crippen LogP contribution in [0.15, 0.2) is 11.6 Å². The van der Waals surface area contributed by atoms with E-state index in [9.17, 15) is 29.4 Å². The van der Waals surface area contributed by atoms with Gasteiger partial charge in [-0.2, -0.15) is 0 Å². The van der Waals surface area contributed by atoms with E-state index in [4.69, 9.17) is 14.2 Å². The highest BCUT2D eigenvalue weighted by Crippen LogP contribution is 2.82. The summed E-state index contributed by atoms with van der Waals surface area (Å²) < 4.78 is 23.6. The summed E-state index contributed by atoms with van der Waals surface area (Å²) >= 11 is 0. The number of allylic oxidation sites excluding steroid dienone is 2. The van der Waals surface area contributed by atoms with Crippen molar-refractivity contribution in [2.24, 2.45) is 39.9 Å². The van der Waals surface area contributed by atoms with Gasteiger partial charge in [0.1, 0.15) is 23.9 Å². The van der Waals surface area contributed by atoms with Crippen molar-refractivity contribution in [2.45, 2.75) is 122 Å². The Balaban J connectivity index is 1.30. The number of aliphatic hydroxyl groups excluding tert-OH is 1. The molecule has 10 nitrogen and oxygen atoms in total. The van der Waals surface area contributed by atoms with E-state index in [2.05, 4.69) is 18.6 Å². The van der Waals surface area contributed by atoms with E-state index in [0.29, 0.717) is 31.3 Å². The molecule has 8 aliphatic rings. The monoisotopic (exact) mass is 602 g/mol. The van der Waals surface area contributed by atoms with Gasteiger partial charge in [-0.3, -0.25) is 19.2 Å². The first-order valence-electron chi connectivity index (χ1n) is 16.1. The van der Waals surface area contributed by atoms with Crippen LogP contribution in [0, 0.1) is 39.9 Å². The molecule has 2 spiro atoms. The molecular weight excluding hydrogens is 556 g/mol. The molecule has 4 aliphatic carbocycles. The Morgan fingerprint density at radius 1 is 1.12 bits per heavy atom. The SMILES string of the molecule is COC(=O)CCCCCC/C=C(/C=O)C[C@H]1C(=O)[C@@]23[C@H]4OC5O[C@@]2(O)[C@@H](O)[C@@H]2C(C)(C)CCC[C@]52[C@@H]3[C@@H](OC(C)=O)C[C@@H]14. The van der Waals surface area contributed by atoms with Crippen molar-refractivity contribution in [3.63, 3.8) is 0 Å². The predicted molar refractivity (Wildman–Crippen MR) is 151 cm³/mol. The molecule has 11 atom stereocenters. The number of methoxy groups -OCH3 is 1. The minimum atomic E-state index is -2.18. The maximum Gasteiger partial charge on any atom is 0.305 e. The highest BCUT2D eigenvalue weighted by molar-refractivity contribution is 5.95. The first-order chi connectivity index (χ1) is 20.4. The van der Waals surface area contributed by atoms with Gasteiger partial charge in [0, 0.05) is 36.5 Å². The van der Waals surface area contributed by atoms with Crippen molar-refractivity contribution in [2.75, 3.05) is 7.11 Å². The third-order valence-corrected chi connectivity index (χ3v) is 12.1. The van der Waals surface area contributed by atoms with Crippen LogP contribution in [0.1, 0.15) is 91.4 Å². The third-order valence-electron chi connectivity index (χ3n) is 12.1. The lowest BCUT2D eigenvalue weighted by molar-refractivity contribution is -0.554. The van der Waals surface area contributed by atoms with Crippen LogP contribution >= 0.6 is 0 Å². The standard InChI is InChI=1S/C33H46O10/c1-18(35)41-22-16-21-20(15-19(17-34)11-8-6-5-7-9-12-23(36)40-4)26(37)32-24(22)31-14-10-13-30(2,3)25(31)27(38)33(32,39)43-29(31)42-28(21)32/h11,17,20-22,24-25,27-29,38-39H,5-10,12-16H2,1-4H3/b19-11+/t20-,21+,22+,24+,25-,27+,28+,29?,31-,32+,33+/m1/s1. The van der Waals surface area contributed by atoms with Gasteiger partial charge in [-0.15, -0.1) is 0 Å². The Morgan fingerprint density at radius 3 is 2.56 bits per heavy atom. The molecule has 8 fully saturated rings. The number of aldehydes is 1. The molecule has 0 aromatic heterocycles. The van der Waals surface area contributed by atoms with E-state index in [0.717, 1.165) is 44.8 Å². The van der Waals surface area contributed by atoms with Crippen molar-refractivity contribution in [1.82, 2.24) is 0 Å². The Kier molecular flexibility index (Phi) is 7.71. The average molecular weight is 603 g/mol. The molecule has 10 heteroatoms. The molecule has 0 amide bonds. The molecule has 4 saturated heterocycles. The molecule has 4 saturated carbocycles. The van der Waals surface area contributed by atoms with Gasteiger partial charge in [-0.1, -0.05) is 39.2 Å². The van der Waals surface area contributed by atoms with Crippen LogP contribution in [-0.2, 0) is 38.1 Å². The van der Waals surface area contributed by atoms with Crippen molar-refractivity contribution in [3.05, 3.63) is 11.6 Å². The summed E-state index contributed by atoms with van der Waals surface area (Å²) in [6.07, 6.45) is 6.54. The molecule has 43 heavy (non-hydrogen) atoms. The number of hydrogen-bond donors (Lipinski definition) is 2. The van der Waals surface area contributed by atoms with Gasteiger partial charge in [0.25, 0.3) is 0 Å². The summed E-state index contributed by atoms with van der Waals surface area (Å²) in [6, 6.07) is 0. The summed E-state index contributed by atoms with van der Waals surface area (Å²) in [5.74, 6) is -5.10. The van der Waals surface area contributed by atoms with E-state index in [-0.39, 0.29) is 23.6 Å². The lowest BCUT2D eigenvalue weighted by Gasteiger charge is -2.79. The van der Waals surface area contributed by atoms with E-state index in [1.165, 1.54) is 14.0 Å². The summed E-state index contributed by atoms with van der Waals surface area (Å²) in [7, 11) is 1.38. The topological polar surface area (TPSA) is 146 Å². The van der Waals surface area contributed by atoms with Gasteiger partial charge in [0.15, 0.2) is 12.1 Å². The van der Waals surface area contributed by atoms with Crippen molar-refractivity contribution in [1.29, 1.82) is 0 Å². The summed E-state index contributed by atoms with van der Waals surface area (Å²) in [5.41, 5.74) is -2.24. The Morgan fingerprint density at radius 2 is 1.86 bits per heavy atom. The van der Waals surface area contributed by atoms with Gasteiger partial charge < -0.3 is 29.2 Å². The van der Waals surface area contributed by atoms with E-state index < -0.39 is 70.9 Å². The van der Waals surface area contributed by atoms with E-state index in [1.54, 1.807) is 0 Å². The van der Waals surface area contributed by atoms with Gasteiger partial charge in [-0.05, 0) is 61.9 Å². The second kappa shape index (κ2) is 10.7. The molecule has 2 N–H and O–H groups in total. The molecule has 7 bridgehead atoms. The van der Waals surface area contributed by atoms with Crippen LogP contribution in [0.2, 0.25) is 0 Å².